The maximum absolute atomic E-state index is 13.0. The van der Waals surface area contributed by atoms with Crippen molar-refractivity contribution in [1.82, 2.24) is 10.2 Å². The van der Waals surface area contributed by atoms with Gasteiger partial charge in [-0.05, 0) is 101 Å². The molecule has 4 aliphatic carbocycles. The summed E-state index contributed by atoms with van der Waals surface area (Å²) in [6.45, 7) is 6.10. The number of nitrogens with one attached hydrogen (secondary N) is 2. The van der Waals surface area contributed by atoms with Crippen molar-refractivity contribution in [3.63, 3.8) is 0 Å². The number of carbonyl (C=O) groups excluding carboxylic acids is 2. The maximum atomic E-state index is 13.0. The summed E-state index contributed by atoms with van der Waals surface area (Å²) in [4.78, 5) is 27.4. The number of hydrogen-bond donors (Lipinski definition) is 2. The van der Waals surface area contributed by atoms with E-state index < -0.39 is 0 Å². The average Bonchev–Trinajstić information content (AvgIpc) is 2.62. The van der Waals surface area contributed by atoms with Crippen LogP contribution in [0.25, 0.3) is 0 Å². The van der Waals surface area contributed by atoms with Gasteiger partial charge in [0, 0.05) is 11.2 Å². The predicted molar refractivity (Wildman–Crippen MR) is 116 cm³/mol. The van der Waals surface area contributed by atoms with Gasteiger partial charge in [0.2, 0.25) is 11.8 Å². The zero-order valence-corrected chi connectivity index (χ0v) is 18.3. The Bertz CT molecular complexity index is 768. The van der Waals surface area contributed by atoms with Crippen molar-refractivity contribution in [3.8, 4) is 0 Å². The molecule has 0 heterocycles. The Morgan fingerprint density at radius 3 is 2.28 bits per heavy atom. The molecule has 0 aliphatic heterocycles. The third-order valence-electron chi connectivity index (χ3n) is 7.53. The number of hydrogen-bond acceptors (Lipinski definition) is 3. The highest BCUT2D eigenvalue weighted by atomic mass is 16.2. The van der Waals surface area contributed by atoms with E-state index in [1.807, 2.05) is 50.9 Å². The maximum Gasteiger partial charge on any atom is 0.238 e. The highest BCUT2D eigenvalue weighted by Gasteiger charge is 2.51. The molecule has 2 amide bonds. The predicted octanol–water partition coefficient (Wildman–Crippen LogP) is 3.65. The summed E-state index contributed by atoms with van der Waals surface area (Å²) in [7, 11) is 1.85. The fraction of sp³-hybridized carbons (Fsp3) is 0.667. The monoisotopic (exact) mass is 397 g/mol. The average molecular weight is 398 g/mol. The standard InChI is InChI=1S/C24H35N3O2/c1-15-5-6-16(2)21(7-15)25-22(28)14-27(4)17(3)23(29)26-24-11-18-8-19(12-24)10-20(9-18)13-24/h5-7,17-20H,8-14H2,1-4H3,(H,25,28)(H,26,29)/t17-,18?,19?,20?,24?/m0/s1. The van der Waals surface area contributed by atoms with Crippen LogP contribution < -0.4 is 10.6 Å². The van der Waals surface area contributed by atoms with Gasteiger partial charge in [0.1, 0.15) is 0 Å². The van der Waals surface area contributed by atoms with E-state index in [4.69, 9.17) is 0 Å². The summed E-state index contributed by atoms with van der Waals surface area (Å²) in [5.74, 6) is 2.39. The topological polar surface area (TPSA) is 61.4 Å². The number of amides is 2. The number of nitrogens with zero attached hydrogens (tertiary/aromatic N) is 1. The first-order chi connectivity index (χ1) is 13.7. The van der Waals surface area contributed by atoms with Crippen LogP contribution in [0.5, 0.6) is 0 Å². The van der Waals surface area contributed by atoms with Crippen molar-refractivity contribution < 1.29 is 9.59 Å². The SMILES string of the molecule is Cc1ccc(C)c(NC(=O)CN(C)[C@@H](C)C(=O)NC23CC4CC(CC(C4)C2)C3)c1. The van der Waals surface area contributed by atoms with E-state index in [2.05, 4.69) is 10.6 Å². The molecule has 29 heavy (non-hydrogen) atoms. The van der Waals surface area contributed by atoms with E-state index in [0.717, 1.165) is 53.8 Å². The van der Waals surface area contributed by atoms with Crippen LogP contribution in [0.2, 0.25) is 0 Å². The molecule has 4 bridgehead atoms. The van der Waals surface area contributed by atoms with Gasteiger partial charge in [0.05, 0.1) is 12.6 Å². The van der Waals surface area contributed by atoms with Crippen LogP contribution in [0.4, 0.5) is 5.69 Å². The highest BCUT2D eigenvalue weighted by molar-refractivity contribution is 5.93. The molecule has 2 N–H and O–H groups in total. The minimum absolute atomic E-state index is 0.0157. The lowest BCUT2D eigenvalue weighted by Gasteiger charge is -2.57. The molecule has 1 atom stereocenters. The van der Waals surface area contributed by atoms with E-state index in [1.54, 1.807) is 0 Å². The van der Waals surface area contributed by atoms with Crippen molar-refractivity contribution >= 4 is 17.5 Å². The van der Waals surface area contributed by atoms with Crippen LogP contribution in [-0.4, -0.2) is 41.9 Å². The second kappa shape index (κ2) is 7.75. The molecular formula is C24H35N3O2. The van der Waals surface area contributed by atoms with Gasteiger partial charge >= 0.3 is 0 Å². The Labute approximate surface area is 174 Å². The summed E-state index contributed by atoms with van der Waals surface area (Å²) in [6, 6.07) is 5.70. The first-order valence-electron chi connectivity index (χ1n) is 11.1. The van der Waals surface area contributed by atoms with Crippen molar-refractivity contribution in [1.29, 1.82) is 0 Å². The molecular weight excluding hydrogens is 362 g/mol. The van der Waals surface area contributed by atoms with Gasteiger partial charge in [-0.15, -0.1) is 0 Å². The molecule has 5 nitrogen and oxygen atoms in total. The van der Waals surface area contributed by atoms with Crippen LogP contribution in [-0.2, 0) is 9.59 Å². The Morgan fingerprint density at radius 2 is 1.69 bits per heavy atom. The second-order valence-corrected chi connectivity index (χ2v) is 10.1. The largest absolute Gasteiger partial charge is 0.349 e. The summed E-state index contributed by atoms with van der Waals surface area (Å²) in [6.07, 6.45) is 7.53. The van der Waals surface area contributed by atoms with Crippen LogP contribution in [0.3, 0.4) is 0 Å². The summed E-state index contributed by atoms with van der Waals surface area (Å²) >= 11 is 0. The minimum Gasteiger partial charge on any atom is -0.349 e. The first-order valence-corrected chi connectivity index (χ1v) is 11.1. The van der Waals surface area contributed by atoms with Gasteiger partial charge < -0.3 is 10.6 Å². The zero-order valence-electron chi connectivity index (χ0n) is 18.3. The molecule has 0 radical (unpaired) electrons. The number of rotatable bonds is 6. The first kappa shape index (κ1) is 20.4. The van der Waals surface area contributed by atoms with Crippen LogP contribution in [0.1, 0.15) is 56.6 Å². The van der Waals surface area contributed by atoms with Crippen LogP contribution in [0, 0.1) is 31.6 Å². The molecule has 5 heteroatoms. The van der Waals surface area contributed by atoms with E-state index in [9.17, 15) is 9.59 Å². The smallest absolute Gasteiger partial charge is 0.238 e. The molecule has 0 aromatic heterocycles. The molecule has 0 saturated heterocycles. The van der Waals surface area contributed by atoms with E-state index in [-0.39, 0.29) is 29.9 Å². The molecule has 1 aromatic rings. The van der Waals surface area contributed by atoms with E-state index in [0.29, 0.717) is 0 Å². The summed E-state index contributed by atoms with van der Waals surface area (Å²) < 4.78 is 0. The molecule has 1 aromatic carbocycles. The van der Waals surface area contributed by atoms with Gasteiger partial charge in [-0.3, -0.25) is 14.5 Å². The summed E-state index contributed by atoms with van der Waals surface area (Å²) in [5.41, 5.74) is 3.01. The number of carbonyl (C=O) groups is 2. The lowest BCUT2D eigenvalue weighted by molar-refractivity contribution is -0.131. The fourth-order valence-corrected chi connectivity index (χ4v) is 6.25. The van der Waals surface area contributed by atoms with Crippen molar-refractivity contribution in [2.75, 3.05) is 18.9 Å². The second-order valence-electron chi connectivity index (χ2n) is 10.1. The molecule has 5 rings (SSSR count). The Morgan fingerprint density at radius 1 is 1.10 bits per heavy atom. The lowest BCUT2D eigenvalue weighted by Crippen LogP contribution is -2.62. The third kappa shape index (κ3) is 4.35. The van der Waals surface area contributed by atoms with Crippen LogP contribution >= 0.6 is 0 Å². The van der Waals surface area contributed by atoms with Gasteiger partial charge in [0.25, 0.3) is 0 Å². The Kier molecular flexibility index (Phi) is 5.45. The molecule has 158 valence electrons. The Balaban J connectivity index is 1.33. The fourth-order valence-electron chi connectivity index (χ4n) is 6.25. The van der Waals surface area contributed by atoms with Gasteiger partial charge in [-0.25, -0.2) is 0 Å². The quantitative estimate of drug-likeness (QED) is 0.770. The van der Waals surface area contributed by atoms with Gasteiger partial charge in [-0.2, -0.15) is 0 Å². The Hall–Kier alpha value is -1.88. The number of likely N-dealkylation sites (N-methyl/N-ethyl adjacent to an activating group) is 1. The normalized spacial score (nSPS) is 31.0. The van der Waals surface area contributed by atoms with Crippen molar-refractivity contribution in [2.24, 2.45) is 17.8 Å². The van der Waals surface area contributed by atoms with Gasteiger partial charge in [0.15, 0.2) is 0 Å². The molecule has 4 fully saturated rings. The van der Waals surface area contributed by atoms with E-state index >= 15 is 0 Å². The molecule has 4 saturated carbocycles. The molecule has 0 spiro atoms. The molecule has 0 unspecified atom stereocenters. The number of benzene rings is 1. The van der Waals surface area contributed by atoms with Crippen molar-refractivity contribution in [3.05, 3.63) is 29.3 Å². The zero-order chi connectivity index (χ0) is 20.8. The number of aryl methyl sites for hydroxylation is 2. The van der Waals surface area contributed by atoms with Crippen LogP contribution in [0.15, 0.2) is 18.2 Å². The van der Waals surface area contributed by atoms with E-state index in [1.165, 1.54) is 19.3 Å². The minimum atomic E-state index is -0.327. The lowest BCUT2D eigenvalue weighted by atomic mass is 9.53. The van der Waals surface area contributed by atoms with Gasteiger partial charge in [-0.1, -0.05) is 12.1 Å². The highest BCUT2D eigenvalue weighted by Crippen LogP contribution is 2.55. The molecule has 4 aliphatic rings. The van der Waals surface area contributed by atoms with Crippen molar-refractivity contribution in [2.45, 2.75) is 70.9 Å². The number of anilines is 1. The third-order valence-corrected chi connectivity index (χ3v) is 7.53. The summed E-state index contributed by atoms with van der Waals surface area (Å²) in [5, 5.41) is 6.42.